The van der Waals surface area contributed by atoms with Crippen LogP contribution in [0.5, 0.6) is 0 Å². The summed E-state index contributed by atoms with van der Waals surface area (Å²) in [5.41, 5.74) is 2.14. The first-order chi connectivity index (χ1) is 10.4. The summed E-state index contributed by atoms with van der Waals surface area (Å²) in [7, 11) is 0. The van der Waals surface area contributed by atoms with Crippen molar-refractivity contribution in [2.24, 2.45) is 0 Å². The van der Waals surface area contributed by atoms with Gasteiger partial charge in [-0.05, 0) is 12.1 Å². The predicted molar refractivity (Wildman–Crippen MR) is 69.6 cm³/mol. The zero-order valence-corrected chi connectivity index (χ0v) is 10.6. The second kappa shape index (κ2) is 4.71. The van der Waals surface area contributed by atoms with Crippen molar-refractivity contribution in [2.75, 3.05) is 0 Å². The van der Waals surface area contributed by atoms with Crippen molar-refractivity contribution in [1.29, 1.82) is 0 Å². The van der Waals surface area contributed by atoms with E-state index in [2.05, 4.69) is 26.4 Å². The van der Waals surface area contributed by atoms with Crippen molar-refractivity contribution in [2.45, 2.75) is 0 Å². The van der Waals surface area contributed by atoms with Crippen LogP contribution < -0.4 is 0 Å². The average molecular weight is 279 g/mol. The smallest absolute Gasteiger partial charge is 0.230 e. The van der Waals surface area contributed by atoms with Crippen molar-refractivity contribution in [3.05, 3.63) is 49.5 Å². The van der Waals surface area contributed by atoms with Gasteiger partial charge in [-0.25, -0.2) is 15.0 Å². The molecule has 0 fully saturated rings. The maximum atomic E-state index is 5.41. The molecule has 4 rings (SSSR count). The average Bonchev–Trinajstić information content (AvgIpc) is 3.28. The maximum absolute atomic E-state index is 5.41. The topological polar surface area (TPSA) is 91.0 Å². The van der Waals surface area contributed by atoms with Gasteiger partial charge in [-0.2, -0.15) is 0 Å². The minimum Gasteiger partial charge on any atom is -0.463 e. The van der Waals surface area contributed by atoms with Crippen molar-refractivity contribution in [3.63, 3.8) is 0 Å². The number of rotatable bonds is 3. The summed E-state index contributed by atoms with van der Waals surface area (Å²) in [6.07, 6.45) is 8.64. The molecule has 0 N–H and O–H groups in total. The Bertz CT molecular complexity index is 784. The Balaban J connectivity index is 2.03. The van der Waals surface area contributed by atoms with Gasteiger partial charge >= 0.3 is 0 Å². The molecule has 4 heterocycles. The van der Waals surface area contributed by atoms with Gasteiger partial charge < -0.3 is 13.4 Å². The number of hydrogen-bond acceptors (Lipinski definition) is 7. The van der Waals surface area contributed by atoms with Crippen molar-refractivity contribution in [3.8, 4) is 34.3 Å². The molecule has 0 amide bonds. The van der Waals surface area contributed by atoms with Gasteiger partial charge in [-0.15, -0.1) is 0 Å². The van der Waals surface area contributed by atoms with E-state index in [9.17, 15) is 0 Å². The second-order valence-corrected chi connectivity index (χ2v) is 4.10. The summed E-state index contributed by atoms with van der Waals surface area (Å²) in [5, 5.41) is 3.89. The number of nitrogens with zero attached hydrogens (tertiary/aromatic N) is 4. The molecule has 1 radical (unpaired) electrons. The predicted octanol–water partition coefficient (Wildman–Crippen LogP) is 2.85. The molecule has 0 aromatic carbocycles. The van der Waals surface area contributed by atoms with Gasteiger partial charge in [-0.3, -0.25) is 0 Å². The molecule has 101 valence electrons. The third-order valence-corrected chi connectivity index (χ3v) is 2.88. The van der Waals surface area contributed by atoms with E-state index in [1.807, 2.05) is 0 Å². The third-order valence-electron chi connectivity index (χ3n) is 2.88. The fourth-order valence-electron chi connectivity index (χ4n) is 2.01. The van der Waals surface area contributed by atoms with Gasteiger partial charge in [0.15, 0.2) is 12.1 Å². The molecular weight excluding hydrogens is 272 g/mol. The first-order valence-corrected chi connectivity index (χ1v) is 6.06. The van der Waals surface area contributed by atoms with E-state index in [0.717, 1.165) is 0 Å². The molecule has 0 saturated heterocycles. The molecule has 0 bridgehead atoms. The first-order valence-electron chi connectivity index (χ1n) is 6.06. The summed E-state index contributed by atoms with van der Waals surface area (Å²) in [6.45, 7) is 0. The molecule has 0 unspecified atom stereocenters. The lowest BCUT2D eigenvalue weighted by Gasteiger charge is -2.06. The molecule has 0 saturated carbocycles. The van der Waals surface area contributed by atoms with Gasteiger partial charge in [0, 0.05) is 6.07 Å². The quantitative estimate of drug-likeness (QED) is 0.569. The summed E-state index contributed by atoms with van der Waals surface area (Å²) in [6, 6.07) is 5.25. The van der Waals surface area contributed by atoms with Crippen LogP contribution in [-0.2, 0) is 0 Å². The van der Waals surface area contributed by atoms with E-state index in [1.54, 1.807) is 30.7 Å². The van der Waals surface area contributed by atoms with Gasteiger partial charge in [-0.1, -0.05) is 5.16 Å². The van der Waals surface area contributed by atoms with Gasteiger partial charge in [0.05, 0.1) is 18.0 Å². The summed E-state index contributed by atoms with van der Waals surface area (Å²) in [5.74, 6) is 0.931. The molecule has 0 aliphatic heterocycles. The Morgan fingerprint density at radius 3 is 2.62 bits per heavy atom. The summed E-state index contributed by atoms with van der Waals surface area (Å²) < 4.78 is 15.7. The highest BCUT2D eigenvalue weighted by Crippen LogP contribution is 2.35. The normalized spacial score (nSPS) is 10.9. The molecule has 0 aliphatic carbocycles. The number of hydrogen-bond donors (Lipinski definition) is 0. The number of oxazole rings is 1. The molecule has 7 heteroatoms. The SMILES string of the molecule is [c]1nc(-c2ccon2)c(-c2ncco2)c(-c2ccco2)n1. The first kappa shape index (κ1) is 11.6. The Morgan fingerprint density at radius 1 is 0.952 bits per heavy atom. The van der Waals surface area contributed by atoms with E-state index < -0.39 is 0 Å². The van der Waals surface area contributed by atoms with Crippen LogP contribution in [0.25, 0.3) is 34.3 Å². The fraction of sp³-hybridized carbons (Fsp3) is 0. The number of aromatic nitrogens is 4. The van der Waals surface area contributed by atoms with Gasteiger partial charge in [0.2, 0.25) is 5.89 Å². The highest BCUT2D eigenvalue weighted by Gasteiger charge is 2.22. The molecule has 7 nitrogen and oxygen atoms in total. The zero-order valence-electron chi connectivity index (χ0n) is 10.6. The molecule has 4 aromatic heterocycles. The van der Waals surface area contributed by atoms with Crippen LogP contribution in [0.15, 0.2) is 56.5 Å². The maximum Gasteiger partial charge on any atom is 0.230 e. The molecule has 0 atom stereocenters. The fourth-order valence-corrected chi connectivity index (χ4v) is 2.01. The van der Waals surface area contributed by atoms with Gasteiger partial charge in [0.25, 0.3) is 0 Å². The van der Waals surface area contributed by atoms with E-state index in [1.165, 1.54) is 12.5 Å². The standard InChI is InChI=1S/C14H7N4O3/c1-2-10(19-5-1)13-11(14-15-4-7-20-14)12(16-8-17-13)9-3-6-21-18-9/h1-7H. The van der Waals surface area contributed by atoms with Crippen LogP contribution >= 0.6 is 0 Å². The Hall–Kier alpha value is -3.22. The lowest BCUT2D eigenvalue weighted by atomic mass is 10.1. The van der Waals surface area contributed by atoms with Crippen LogP contribution in [0.3, 0.4) is 0 Å². The van der Waals surface area contributed by atoms with Crippen LogP contribution in [0.1, 0.15) is 0 Å². The van der Waals surface area contributed by atoms with Crippen LogP contribution in [0, 0.1) is 6.33 Å². The molecule has 4 aromatic rings. The van der Waals surface area contributed by atoms with E-state index >= 15 is 0 Å². The second-order valence-electron chi connectivity index (χ2n) is 4.10. The van der Waals surface area contributed by atoms with Crippen molar-refractivity contribution >= 4 is 0 Å². The van der Waals surface area contributed by atoms with Crippen LogP contribution in [0.4, 0.5) is 0 Å². The highest BCUT2D eigenvalue weighted by atomic mass is 16.5. The van der Waals surface area contributed by atoms with Crippen LogP contribution in [0.2, 0.25) is 0 Å². The number of furan rings is 1. The van der Waals surface area contributed by atoms with E-state index in [4.69, 9.17) is 13.4 Å². The van der Waals surface area contributed by atoms with Crippen molar-refractivity contribution < 1.29 is 13.4 Å². The minimum absolute atomic E-state index is 0.369. The third kappa shape index (κ3) is 1.91. The monoisotopic (exact) mass is 279 g/mol. The van der Waals surface area contributed by atoms with E-state index in [-0.39, 0.29) is 0 Å². The molecule has 0 aliphatic rings. The summed E-state index contributed by atoms with van der Waals surface area (Å²) >= 11 is 0. The lowest BCUT2D eigenvalue weighted by Crippen LogP contribution is -1.96. The Labute approximate surface area is 118 Å². The Morgan fingerprint density at radius 2 is 1.90 bits per heavy atom. The summed E-state index contributed by atoms with van der Waals surface area (Å²) in [4.78, 5) is 12.5. The zero-order chi connectivity index (χ0) is 14.1. The lowest BCUT2D eigenvalue weighted by molar-refractivity contribution is 0.422. The molecule has 21 heavy (non-hydrogen) atoms. The van der Waals surface area contributed by atoms with Crippen molar-refractivity contribution in [1.82, 2.24) is 20.1 Å². The highest BCUT2D eigenvalue weighted by molar-refractivity contribution is 5.84. The Kier molecular flexibility index (Phi) is 2.60. The van der Waals surface area contributed by atoms with Crippen LogP contribution in [-0.4, -0.2) is 20.1 Å². The molecular formula is C14H7N4O3. The van der Waals surface area contributed by atoms with E-state index in [0.29, 0.717) is 34.3 Å². The largest absolute Gasteiger partial charge is 0.463 e. The minimum atomic E-state index is 0.369. The molecule has 0 spiro atoms. The van der Waals surface area contributed by atoms with Gasteiger partial charge in [0.1, 0.15) is 29.6 Å².